The molecule has 1 rings (SSSR count). The molecule has 80 valence electrons. The Morgan fingerprint density at radius 1 is 1.64 bits per heavy atom. The fraction of sp³-hybridized carbons (Fsp3) is 0.778. The third kappa shape index (κ3) is 2.16. The number of ether oxygens (including phenoxy) is 1. The second kappa shape index (κ2) is 4.30. The van der Waals surface area contributed by atoms with E-state index >= 15 is 0 Å². The highest BCUT2D eigenvalue weighted by atomic mass is 16.5. The number of amides is 2. The van der Waals surface area contributed by atoms with E-state index in [0.717, 1.165) is 0 Å². The molecule has 0 aliphatic carbocycles. The van der Waals surface area contributed by atoms with E-state index in [9.17, 15) is 9.59 Å². The predicted octanol–water partition coefficient (Wildman–Crippen LogP) is 0.305. The zero-order valence-corrected chi connectivity index (χ0v) is 8.82. The zero-order chi connectivity index (χ0) is 10.7. The third-order valence-corrected chi connectivity index (χ3v) is 2.53. The third-order valence-electron chi connectivity index (χ3n) is 2.53. The normalized spacial score (nSPS) is 21.6. The first-order valence-corrected chi connectivity index (χ1v) is 4.64. The highest BCUT2D eigenvalue weighted by Gasteiger charge is 2.31. The summed E-state index contributed by atoms with van der Waals surface area (Å²) in [6, 6.07) is 0.210. The zero-order valence-electron chi connectivity index (χ0n) is 8.82. The van der Waals surface area contributed by atoms with Gasteiger partial charge < -0.3 is 14.5 Å². The topological polar surface area (TPSA) is 49.9 Å². The van der Waals surface area contributed by atoms with E-state index in [2.05, 4.69) is 4.74 Å². The van der Waals surface area contributed by atoms with Crippen LogP contribution in [0.4, 0.5) is 4.79 Å². The van der Waals surface area contributed by atoms with Gasteiger partial charge in [0.2, 0.25) is 0 Å². The summed E-state index contributed by atoms with van der Waals surface area (Å²) in [6.07, 6.45) is 0.267. The lowest BCUT2D eigenvalue weighted by atomic mass is 10.3. The van der Waals surface area contributed by atoms with E-state index in [1.807, 2.05) is 6.92 Å². The number of carbonyl (C=O) groups excluding carboxylic acids is 2. The minimum Gasteiger partial charge on any atom is -0.469 e. The molecule has 1 atom stereocenters. The average molecular weight is 200 g/mol. The van der Waals surface area contributed by atoms with Gasteiger partial charge in [-0.15, -0.1) is 0 Å². The van der Waals surface area contributed by atoms with Gasteiger partial charge in [-0.1, -0.05) is 0 Å². The van der Waals surface area contributed by atoms with Crippen LogP contribution in [0.15, 0.2) is 0 Å². The molecule has 14 heavy (non-hydrogen) atoms. The highest BCUT2D eigenvalue weighted by molar-refractivity contribution is 5.77. The molecule has 5 nitrogen and oxygen atoms in total. The summed E-state index contributed by atoms with van der Waals surface area (Å²) in [5, 5.41) is 0. The summed E-state index contributed by atoms with van der Waals surface area (Å²) in [6.45, 7) is 3.11. The molecule has 1 heterocycles. The molecular weight excluding hydrogens is 184 g/mol. The van der Waals surface area contributed by atoms with Crippen molar-refractivity contribution >= 4 is 12.0 Å². The second-order valence-corrected chi connectivity index (χ2v) is 3.51. The first-order chi connectivity index (χ1) is 6.56. The number of nitrogens with zero attached hydrogens (tertiary/aromatic N) is 2. The summed E-state index contributed by atoms with van der Waals surface area (Å²) in [5.74, 6) is -0.278. The van der Waals surface area contributed by atoms with Crippen LogP contribution >= 0.6 is 0 Å². The van der Waals surface area contributed by atoms with Crippen LogP contribution in [-0.4, -0.2) is 55.1 Å². The van der Waals surface area contributed by atoms with Crippen molar-refractivity contribution in [3.05, 3.63) is 0 Å². The molecule has 5 heteroatoms. The number of hydrogen-bond acceptors (Lipinski definition) is 3. The molecule has 0 N–H and O–H groups in total. The quantitative estimate of drug-likeness (QED) is 0.616. The van der Waals surface area contributed by atoms with Gasteiger partial charge in [0.15, 0.2) is 0 Å². The molecule has 1 fully saturated rings. The maximum Gasteiger partial charge on any atom is 0.320 e. The largest absolute Gasteiger partial charge is 0.469 e. The van der Waals surface area contributed by atoms with Crippen LogP contribution in [0.25, 0.3) is 0 Å². The second-order valence-electron chi connectivity index (χ2n) is 3.51. The molecular formula is C9H16N2O3. The fourth-order valence-corrected chi connectivity index (χ4v) is 1.45. The summed E-state index contributed by atoms with van der Waals surface area (Å²) >= 11 is 0. The summed E-state index contributed by atoms with van der Waals surface area (Å²) in [5.41, 5.74) is 0. The number of methoxy groups -OCH3 is 1. The number of rotatable bonds is 3. The van der Waals surface area contributed by atoms with E-state index < -0.39 is 0 Å². The molecule has 0 aromatic heterocycles. The average Bonchev–Trinajstić information content (AvgIpc) is 2.42. The molecule has 0 aromatic carbocycles. The maximum atomic E-state index is 11.5. The number of urea groups is 1. The Morgan fingerprint density at radius 2 is 2.29 bits per heavy atom. The molecule has 1 aliphatic rings. The Hall–Kier alpha value is -1.26. The van der Waals surface area contributed by atoms with Crippen molar-refractivity contribution in [3.8, 4) is 0 Å². The van der Waals surface area contributed by atoms with E-state index in [4.69, 9.17) is 0 Å². The summed E-state index contributed by atoms with van der Waals surface area (Å²) in [4.78, 5) is 25.7. The lowest BCUT2D eigenvalue weighted by molar-refractivity contribution is -0.140. The molecule has 1 unspecified atom stereocenters. The smallest absolute Gasteiger partial charge is 0.320 e. The van der Waals surface area contributed by atoms with Crippen molar-refractivity contribution in [1.82, 2.24) is 9.80 Å². The van der Waals surface area contributed by atoms with Crippen LogP contribution in [0.1, 0.15) is 13.3 Å². The molecule has 2 amide bonds. The van der Waals surface area contributed by atoms with Crippen molar-refractivity contribution in [2.75, 3.05) is 27.2 Å². The van der Waals surface area contributed by atoms with Crippen molar-refractivity contribution < 1.29 is 14.3 Å². The van der Waals surface area contributed by atoms with Crippen LogP contribution in [-0.2, 0) is 9.53 Å². The minimum absolute atomic E-state index is 0.0126. The molecule has 1 saturated heterocycles. The van der Waals surface area contributed by atoms with E-state index in [1.165, 1.54) is 7.11 Å². The fourth-order valence-electron chi connectivity index (χ4n) is 1.45. The lowest BCUT2D eigenvalue weighted by Gasteiger charge is -2.14. The molecule has 0 spiro atoms. The Bertz CT molecular complexity index is 242. The van der Waals surface area contributed by atoms with Crippen LogP contribution in [0.3, 0.4) is 0 Å². The first-order valence-electron chi connectivity index (χ1n) is 4.64. The Balaban J connectivity index is 2.40. The molecule has 0 aromatic rings. The SMILES string of the molecule is COC(=O)CCN1CC(C)N(C)C1=O. The summed E-state index contributed by atoms with van der Waals surface area (Å²) < 4.78 is 4.51. The van der Waals surface area contributed by atoms with Crippen LogP contribution in [0.2, 0.25) is 0 Å². The van der Waals surface area contributed by atoms with E-state index in [1.54, 1.807) is 16.8 Å². The van der Waals surface area contributed by atoms with Crippen molar-refractivity contribution in [2.45, 2.75) is 19.4 Å². The minimum atomic E-state index is -0.278. The molecule has 0 bridgehead atoms. The predicted molar refractivity (Wildman–Crippen MR) is 50.8 cm³/mol. The Morgan fingerprint density at radius 3 is 2.71 bits per heavy atom. The van der Waals surface area contributed by atoms with Crippen LogP contribution in [0, 0.1) is 0 Å². The molecule has 1 aliphatic heterocycles. The maximum absolute atomic E-state index is 11.5. The number of carbonyl (C=O) groups is 2. The van der Waals surface area contributed by atoms with Gasteiger partial charge in [-0.25, -0.2) is 4.79 Å². The van der Waals surface area contributed by atoms with Gasteiger partial charge in [-0.2, -0.15) is 0 Å². The Kier molecular flexibility index (Phi) is 3.33. The number of likely N-dealkylation sites (N-methyl/N-ethyl adjacent to an activating group) is 1. The monoisotopic (exact) mass is 200 g/mol. The van der Waals surface area contributed by atoms with E-state index in [-0.39, 0.29) is 24.5 Å². The van der Waals surface area contributed by atoms with Crippen molar-refractivity contribution in [2.24, 2.45) is 0 Å². The standard InChI is InChI=1S/C9H16N2O3/c1-7-6-11(9(13)10(7)2)5-4-8(12)14-3/h7H,4-6H2,1-3H3. The van der Waals surface area contributed by atoms with Crippen LogP contribution in [0.5, 0.6) is 0 Å². The van der Waals surface area contributed by atoms with Gasteiger partial charge in [0.05, 0.1) is 13.5 Å². The van der Waals surface area contributed by atoms with E-state index in [0.29, 0.717) is 13.1 Å². The highest BCUT2D eigenvalue weighted by Crippen LogP contribution is 2.13. The van der Waals surface area contributed by atoms with Crippen molar-refractivity contribution in [3.63, 3.8) is 0 Å². The van der Waals surface area contributed by atoms with Gasteiger partial charge in [-0.3, -0.25) is 4.79 Å². The van der Waals surface area contributed by atoms with Gasteiger partial charge in [0.1, 0.15) is 0 Å². The van der Waals surface area contributed by atoms with Gasteiger partial charge >= 0.3 is 12.0 Å². The Labute approximate surface area is 83.6 Å². The van der Waals surface area contributed by atoms with Crippen molar-refractivity contribution in [1.29, 1.82) is 0 Å². The summed E-state index contributed by atoms with van der Waals surface area (Å²) in [7, 11) is 3.12. The number of hydrogen-bond donors (Lipinski definition) is 0. The van der Waals surface area contributed by atoms with Crippen LogP contribution < -0.4 is 0 Å². The lowest BCUT2D eigenvalue weighted by Crippen LogP contribution is -2.31. The van der Waals surface area contributed by atoms with Gasteiger partial charge in [-0.05, 0) is 6.92 Å². The molecule has 0 radical (unpaired) electrons. The molecule has 0 saturated carbocycles. The first kappa shape index (κ1) is 10.8. The van der Waals surface area contributed by atoms with Gasteiger partial charge in [0, 0.05) is 26.2 Å². The number of esters is 1. The van der Waals surface area contributed by atoms with Gasteiger partial charge in [0.25, 0.3) is 0 Å².